The van der Waals surface area contributed by atoms with Crippen LogP contribution in [-0.2, 0) is 0 Å². The first-order chi connectivity index (χ1) is 7.18. The number of nitrogen functional groups attached to an aromatic ring is 1. The Labute approximate surface area is 95.7 Å². The molecule has 0 amide bonds. The summed E-state index contributed by atoms with van der Waals surface area (Å²) in [5.41, 5.74) is 7.47. The fourth-order valence-electron chi connectivity index (χ4n) is 1.21. The molecule has 2 N–H and O–H groups in total. The second-order valence-electron chi connectivity index (χ2n) is 3.10. The second-order valence-corrected chi connectivity index (χ2v) is 3.95. The molecule has 2 aromatic heterocycles. The molecule has 4 nitrogen and oxygen atoms in total. The fraction of sp³-hybridized carbons (Fsp3) is 0.100. The van der Waals surface area contributed by atoms with E-state index in [0.29, 0.717) is 16.1 Å². The molecule has 0 aromatic carbocycles. The van der Waals surface area contributed by atoms with Crippen LogP contribution in [0.15, 0.2) is 29.0 Å². The Balaban J connectivity index is 2.55. The Morgan fingerprint density at radius 2 is 2.13 bits per heavy atom. The van der Waals surface area contributed by atoms with Crippen LogP contribution >= 0.6 is 15.9 Å². The van der Waals surface area contributed by atoms with Gasteiger partial charge >= 0.3 is 0 Å². The van der Waals surface area contributed by atoms with E-state index in [-0.39, 0.29) is 0 Å². The summed E-state index contributed by atoms with van der Waals surface area (Å²) in [5.74, 6) is 0.971. The number of rotatable bonds is 1. The van der Waals surface area contributed by atoms with Crippen LogP contribution in [-0.4, -0.2) is 15.0 Å². The Kier molecular flexibility index (Phi) is 2.64. The maximum Gasteiger partial charge on any atom is 0.180 e. The SMILES string of the molecule is Cc1cccnc1-c1ncc(Br)c(N)n1. The highest BCUT2D eigenvalue weighted by Gasteiger charge is 2.07. The van der Waals surface area contributed by atoms with Crippen molar-refractivity contribution in [3.63, 3.8) is 0 Å². The molecule has 2 rings (SSSR count). The Morgan fingerprint density at radius 3 is 2.80 bits per heavy atom. The summed E-state index contributed by atoms with van der Waals surface area (Å²) in [5, 5.41) is 0. The lowest BCUT2D eigenvalue weighted by molar-refractivity contribution is 1.12. The van der Waals surface area contributed by atoms with Crippen LogP contribution in [0.5, 0.6) is 0 Å². The molecule has 0 bridgehead atoms. The molecule has 76 valence electrons. The van der Waals surface area contributed by atoms with Gasteiger partial charge in [-0.2, -0.15) is 0 Å². The van der Waals surface area contributed by atoms with Crippen molar-refractivity contribution >= 4 is 21.7 Å². The van der Waals surface area contributed by atoms with Gasteiger partial charge in [0.25, 0.3) is 0 Å². The van der Waals surface area contributed by atoms with Gasteiger partial charge in [0.05, 0.1) is 4.47 Å². The van der Waals surface area contributed by atoms with Crippen molar-refractivity contribution < 1.29 is 0 Å². The number of aromatic nitrogens is 3. The van der Waals surface area contributed by atoms with Crippen LogP contribution in [0, 0.1) is 6.92 Å². The molecule has 0 radical (unpaired) electrons. The van der Waals surface area contributed by atoms with Crippen molar-refractivity contribution in [2.75, 3.05) is 5.73 Å². The molecule has 0 unspecified atom stereocenters. The maximum atomic E-state index is 5.68. The maximum absolute atomic E-state index is 5.68. The molecule has 15 heavy (non-hydrogen) atoms. The number of nitrogens with zero attached hydrogens (tertiary/aromatic N) is 3. The normalized spacial score (nSPS) is 10.3. The van der Waals surface area contributed by atoms with Crippen LogP contribution < -0.4 is 5.73 Å². The lowest BCUT2D eigenvalue weighted by Crippen LogP contribution is -1.98. The highest BCUT2D eigenvalue weighted by Crippen LogP contribution is 2.21. The second kappa shape index (κ2) is 3.94. The zero-order valence-corrected chi connectivity index (χ0v) is 9.69. The van der Waals surface area contributed by atoms with Gasteiger partial charge in [-0.1, -0.05) is 6.07 Å². The first-order valence-corrected chi connectivity index (χ1v) is 5.18. The predicted octanol–water partition coefficient (Wildman–Crippen LogP) is 2.19. The lowest BCUT2D eigenvalue weighted by Gasteiger charge is -2.03. The summed E-state index contributed by atoms with van der Waals surface area (Å²) >= 11 is 3.25. The largest absolute Gasteiger partial charge is 0.383 e. The molecule has 0 saturated heterocycles. The van der Waals surface area contributed by atoms with Gasteiger partial charge in [0, 0.05) is 12.4 Å². The van der Waals surface area contributed by atoms with Crippen molar-refractivity contribution in [1.29, 1.82) is 0 Å². The van der Waals surface area contributed by atoms with E-state index >= 15 is 0 Å². The van der Waals surface area contributed by atoms with Crippen molar-refractivity contribution in [3.05, 3.63) is 34.6 Å². The molecule has 2 aromatic rings. The summed E-state index contributed by atoms with van der Waals surface area (Å²) < 4.78 is 0.694. The third-order valence-electron chi connectivity index (χ3n) is 1.99. The standard InChI is InChI=1S/C10H9BrN4/c1-6-3-2-4-13-8(6)10-14-5-7(11)9(12)15-10/h2-5H,1H3,(H2,12,14,15). The van der Waals surface area contributed by atoms with Gasteiger partial charge in [-0.05, 0) is 34.5 Å². The molecule has 0 fully saturated rings. The average Bonchev–Trinajstić information content (AvgIpc) is 2.23. The van der Waals surface area contributed by atoms with E-state index in [1.165, 1.54) is 0 Å². The number of nitrogens with two attached hydrogens (primary N) is 1. The zero-order chi connectivity index (χ0) is 10.8. The van der Waals surface area contributed by atoms with Crippen LogP contribution in [0.1, 0.15) is 5.56 Å². The molecular weight excluding hydrogens is 256 g/mol. The van der Waals surface area contributed by atoms with Crippen LogP contribution in [0.2, 0.25) is 0 Å². The molecule has 5 heteroatoms. The van der Waals surface area contributed by atoms with E-state index in [9.17, 15) is 0 Å². The topological polar surface area (TPSA) is 64.7 Å². The van der Waals surface area contributed by atoms with Gasteiger partial charge in [0.15, 0.2) is 5.82 Å². The Morgan fingerprint density at radius 1 is 1.33 bits per heavy atom. The minimum Gasteiger partial charge on any atom is -0.383 e. The zero-order valence-electron chi connectivity index (χ0n) is 8.11. The molecule has 0 atom stereocenters. The summed E-state index contributed by atoms with van der Waals surface area (Å²) in [6.45, 7) is 1.96. The number of anilines is 1. The van der Waals surface area contributed by atoms with E-state index in [2.05, 4.69) is 30.9 Å². The minimum atomic E-state index is 0.421. The molecule has 0 aliphatic carbocycles. The van der Waals surface area contributed by atoms with Crippen molar-refractivity contribution in [1.82, 2.24) is 15.0 Å². The van der Waals surface area contributed by atoms with Gasteiger partial charge in [-0.15, -0.1) is 0 Å². The van der Waals surface area contributed by atoms with Crippen molar-refractivity contribution in [3.8, 4) is 11.5 Å². The number of halogens is 1. The Hall–Kier alpha value is -1.49. The van der Waals surface area contributed by atoms with E-state index < -0.39 is 0 Å². The first-order valence-electron chi connectivity index (χ1n) is 4.38. The lowest BCUT2D eigenvalue weighted by atomic mass is 10.2. The molecule has 0 aliphatic rings. The summed E-state index contributed by atoms with van der Waals surface area (Å²) in [6, 6.07) is 3.84. The number of hydrogen-bond acceptors (Lipinski definition) is 4. The van der Waals surface area contributed by atoms with Gasteiger partial charge < -0.3 is 5.73 Å². The third kappa shape index (κ3) is 1.97. The minimum absolute atomic E-state index is 0.421. The van der Waals surface area contributed by atoms with Crippen LogP contribution in [0.3, 0.4) is 0 Å². The van der Waals surface area contributed by atoms with E-state index in [1.54, 1.807) is 12.4 Å². The quantitative estimate of drug-likeness (QED) is 0.858. The average molecular weight is 265 g/mol. The predicted molar refractivity (Wildman–Crippen MR) is 62.1 cm³/mol. The number of aryl methyl sites for hydroxylation is 1. The molecule has 2 heterocycles. The van der Waals surface area contributed by atoms with Crippen LogP contribution in [0.25, 0.3) is 11.5 Å². The van der Waals surface area contributed by atoms with Gasteiger partial charge in [0.1, 0.15) is 11.5 Å². The molecule has 0 aliphatic heterocycles. The van der Waals surface area contributed by atoms with Gasteiger partial charge in [0.2, 0.25) is 0 Å². The molecule has 0 spiro atoms. The van der Waals surface area contributed by atoms with E-state index in [4.69, 9.17) is 5.73 Å². The van der Waals surface area contributed by atoms with Crippen molar-refractivity contribution in [2.45, 2.75) is 6.92 Å². The van der Waals surface area contributed by atoms with Crippen LogP contribution in [0.4, 0.5) is 5.82 Å². The Bertz CT molecular complexity index is 499. The van der Waals surface area contributed by atoms with E-state index in [1.807, 2.05) is 19.1 Å². The smallest absolute Gasteiger partial charge is 0.180 e. The molecule has 0 saturated carbocycles. The van der Waals surface area contributed by atoms with Gasteiger partial charge in [-0.25, -0.2) is 9.97 Å². The summed E-state index contributed by atoms with van der Waals surface area (Å²) in [7, 11) is 0. The summed E-state index contributed by atoms with van der Waals surface area (Å²) in [4.78, 5) is 12.6. The summed E-state index contributed by atoms with van der Waals surface area (Å²) in [6.07, 6.45) is 3.34. The first kappa shape index (κ1) is 10.0. The monoisotopic (exact) mass is 264 g/mol. The van der Waals surface area contributed by atoms with Gasteiger partial charge in [-0.3, -0.25) is 4.98 Å². The highest BCUT2D eigenvalue weighted by molar-refractivity contribution is 9.10. The van der Waals surface area contributed by atoms with E-state index in [0.717, 1.165) is 11.3 Å². The number of pyridine rings is 1. The highest BCUT2D eigenvalue weighted by atomic mass is 79.9. The number of hydrogen-bond donors (Lipinski definition) is 1. The van der Waals surface area contributed by atoms with Crippen molar-refractivity contribution in [2.24, 2.45) is 0 Å². The fourth-order valence-corrected chi connectivity index (χ4v) is 1.41. The third-order valence-corrected chi connectivity index (χ3v) is 2.60. The molecular formula is C10H9BrN4.